The average molecular weight is 491 g/mol. The van der Waals surface area contributed by atoms with Crippen molar-refractivity contribution in [2.24, 2.45) is 5.10 Å². The van der Waals surface area contributed by atoms with Gasteiger partial charge in [0.05, 0.1) is 27.6 Å². The van der Waals surface area contributed by atoms with E-state index in [9.17, 15) is 14.9 Å². The first-order valence-corrected chi connectivity index (χ1v) is 11.4. The molecular formula is C22H20Cl2N4O3S. The zero-order chi connectivity index (χ0) is 23.3. The number of hydrogen-bond donors (Lipinski definition) is 1. The third kappa shape index (κ3) is 5.91. The fourth-order valence-electron chi connectivity index (χ4n) is 3.13. The molecular weight excluding hydrogens is 471 g/mol. The van der Waals surface area contributed by atoms with Crippen LogP contribution in [-0.2, 0) is 10.5 Å². The van der Waals surface area contributed by atoms with Crippen molar-refractivity contribution in [1.29, 1.82) is 0 Å². The number of nitro benzene ring substituents is 1. The first kappa shape index (κ1) is 23.8. The highest BCUT2D eigenvalue weighted by molar-refractivity contribution is 7.99. The van der Waals surface area contributed by atoms with E-state index in [2.05, 4.69) is 10.5 Å². The number of nitrogens with one attached hydrogen (secondary N) is 1. The number of amides is 1. The van der Waals surface area contributed by atoms with Crippen molar-refractivity contribution in [3.05, 3.63) is 91.2 Å². The van der Waals surface area contributed by atoms with E-state index in [0.29, 0.717) is 15.8 Å². The van der Waals surface area contributed by atoms with Crippen LogP contribution >= 0.6 is 35.0 Å². The Morgan fingerprint density at radius 1 is 1.19 bits per heavy atom. The molecule has 1 aromatic heterocycles. The van der Waals surface area contributed by atoms with Crippen molar-refractivity contribution < 1.29 is 9.72 Å². The molecule has 1 N–H and O–H groups in total. The van der Waals surface area contributed by atoms with Crippen molar-refractivity contribution >= 4 is 52.8 Å². The molecule has 7 nitrogen and oxygen atoms in total. The van der Waals surface area contributed by atoms with Crippen LogP contribution in [0.15, 0.2) is 53.6 Å². The Morgan fingerprint density at radius 3 is 2.59 bits per heavy atom. The molecule has 1 heterocycles. The third-order valence-corrected chi connectivity index (χ3v) is 6.22. The summed E-state index contributed by atoms with van der Waals surface area (Å²) in [6, 6.07) is 13.5. The predicted octanol–water partition coefficient (Wildman–Crippen LogP) is 5.69. The summed E-state index contributed by atoms with van der Waals surface area (Å²) in [4.78, 5) is 22.3. The maximum Gasteiger partial charge on any atom is 0.269 e. The summed E-state index contributed by atoms with van der Waals surface area (Å²) in [5, 5.41) is 15.9. The number of hydrogen-bond acceptors (Lipinski definition) is 5. The summed E-state index contributed by atoms with van der Waals surface area (Å²) in [7, 11) is 0. The average Bonchev–Trinajstić information content (AvgIpc) is 3.03. The molecule has 166 valence electrons. The quantitative estimate of drug-likeness (QED) is 0.249. The number of carbonyl (C=O) groups is 1. The van der Waals surface area contributed by atoms with Gasteiger partial charge in [-0.3, -0.25) is 14.9 Å². The van der Waals surface area contributed by atoms with Crippen molar-refractivity contribution in [1.82, 2.24) is 9.99 Å². The largest absolute Gasteiger partial charge is 0.316 e. The summed E-state index contributed by atoms with van der Waals surface area (Å²) in [6.45, 7) is 3.89. The van der Waals surface area contributed by atoms with Crippen LogP contribution in [0.1, 0.15) is 22.5 Å². The number of rotatable bonds is 8. The third-order valence-electron chi connectivity index (χ3n) is 4.66. The molecule has 0 atom stereocenters. The van der Waals surface area contributed by atoms with E-state index in [0.717, 1.165) is 28.2 Å². The molecule has 0 saturated heterocycles. The van der Waals surface area contributed by atoms with Gasteiger partial charge in [-0.15, -0.1) is 11.8 Å². The lowest BCUT2D eigenvalue weighted by atomic mass is 10.2. The van der Waals surface area contributed by atoms with Gasteiger partial charge in [-0.1, -0.05) is 35.3 Å². The monoisotopic (exact) mass is 490 g/mol. The van der Waals surface area contributed by atoms with Gasteiger partial charge in [0.2, 0.25) is 5.91 Å². The van der Waals surface area contributed by atoms with Crippen LogP contribution in [0.3, 0.4) is 0 Å². The van der Waals surface area contributed by atoms with E-state index < -0.39 is 4.92 Å². The Morgan fingerprint density at radius 2 is 1.91 bits per heavy atom. The van der Waals surface area contributed by atoms with Crippen LogP contribution in [0.2, 0.25) is 10.0 Å². The Hall–Kier alpha value is -2.81. The SMILES string of the molecule is Cc1cc(/C=N\NC(=O)CSCc2ccc([N+](=O)[O-])cc2)c(C)n1-c1cc(Cl)ccc1Cl. The van der Waals surface area contributed by atoms with Gasteiger partial charge in [0, 0.05) is 39.9 Å². The molecule has 0 radical (unpaired) electrons. The number of aryl methyl sites for hydroxylation is 1. The minimum atomic E-state index is -0.441. The van der Waals surface area contributed by atoms with Crippen LogP contribution in [0.4, 0.5) is 5.69 Å². The lowest BCUT2D eigenvalue weighted by Crippen LogP contribution is -2.19. The lowest BCUT2D eigenvalue weighted by Gasteiger charge is -2.12. The van der Waals surface area contributed by atoms with Crippen molar-refractivity contribution in [3.63, 3.8) is 0 Å². The highest BCUT2D eigenvalue weighted by Crippen LogP contribution is 2.28. The molecule has 0 spiro atoms. The molecule has 3 aromatic rings. The number of carbonyl (C=O) groups excluding carboxylic acids is 1. The van der Waals surface area contributed by atoms with Crippen molar-refractivity contribution in [2.75, 3.05) is 5.75 Å². The Kier molecular flexibility index (Phi) is 7.95. The molecule has 0 unspecified atom stereocenters. The zero-order valence-corrected chi connectivity index (χ0v) is 19.7. The van der Waals surface area contributed by atoms with Gasteiger partial charge in [-0.25, -0.2) is 5.43 Å². The van der Waals surface area contributed by atoms with Gasteiger partial charge in [0.1, 0.15) is 0 Å². The second kappa shape index (κ2) is 10.7. The van der Waals surface area contributed by atoms with Crippen LogP contribution < -0.4 is 5.43 Å². The van der Waals surface area contributed by atoms with E-state index in [1.165, 1.54) is 23.9 Å². The predicted molar refractivity (Wildman–Crippen MR) is 130 cm³/mol. The first-order valence-electron chi connectivity index (χ1n) is 9.53. The highest BCUT2D eigenvalue weighted by Gasteiger charge is 2.13. The number of hydrazone groups is 1. The Labute approximate surface area is 199 Å². The molecule has 0 saturated carbocycles. The number of aromatic nitrogens is 1. The van der Waals surface area contributed by atoms with E-state index in [1.807, 2.05) is 24.5 Å². The first-order chi connectivity index (χ1) is 15.3. The fraction of sp³-hybridized carbons (Fsp3) is 0.182. The number of nitro groups is 1. The summed E-state index contributed by atoms with van der Waals surface area (Å²) in [6.07, 6.45) is 1.59. The molecule has 32 heavy (non-hydrogen) atoms. The van der Waals surface area contributed by atoms with Gasteiger partial charge in [-0.05, 0) is 43.7 Å². The minimum absolute atomic E-state index is 0.0443. The van der Waals surface area contributed by atoms with E-state index in [-0.39, 0.29) is 17.3 Å². The molecule has 10 heteroatoms. The molecule has 2 aromatic carbocycles. The molecule has 3 rings (SSSR count). The van der Waals surface area contributed by atoms with Crippen LogP contribution in [-0.4, -0.2) is 27.4 Å². The topological polar surface area (TPSA) is 89.5 Å². The second-order valence-electron chi connectivity index (χ2n) is 6.97. The molecule has 0 aliphatic carbocycles. The standard InChI is InChI=1S/C22H20Cl2N4O3S/c1-14-9-17(15(2)27(14)21-10-18(23)5-8-20(21)24)11-25-26-22(29)13-32-12-16-3-6-19(7-4-16)28(30)31/h3-11H,12-13H2,1-2H3,(H,26,29)/b25-11-. The van der Waals surface area contributed by atoms with Crippen molar-refractivity contribution in [2.45, 2.75) is 19.6 Å². The number of non-ortho nitro benzene ring substituents is 1. The molecule has 0 fully saturated rings. The second-order valence-corrected chi connectivity index (χ2v) is 8.80. The van der Waals surface area contributed by atoms with Crippen LogP contribution in [0, 0.1) is 24.0 Å². The van der Waals surface area contributed by atoms with Gasteiger partial charge < -0.3 is 4.57 Å². The summed E-state index contributed by atoms with van der Waals surface area (Å²) >= 11 is 13.9. The van der Waals surface area contributed by atoms with E-state index >= 15 is 0 Å². The van der Waals surface area contributed by atoms with Crippen molar-refractivity contribution in [3.8, 4) is 5.69 Å². The minimum Gasteiger partial charge on any atom is -0.316 e. The molecule has 1 amide bonds. The number of thioether (sulfide) groups is 1. The maximum absolute atomic E-state index is 12.1. The van der Waals surface area contributed by atoms with E-state index in [4.69, 9.17) is 23.2 Å². The van der Waals surface area contributed by atoms with Gasteiger partial charge >= 0.3 is 0 Å². The zero-order valence-electron chi connectivity index (χ0n) is 17.3. The van der Waals surface area contributed by atoms with Crippen LogP contribution in [0.25, 0.3) is 5.69 Å². The van der Waals surface area contributed by atoms with Gasteiger partial charge in [0.15, 0.2) is 0 Å². The highest BCUT2D eigenvalue weighted by atomic mass is 35.5. The van der Waals surface area contributed by atoms with Gasteiger partial charge in [-0.2, -0.15) is 5.10 Å². The maximum atomic E-state index is 12.1. The van der Waals surface area contributed by atoms with Crippen LogP contribution in [0.5, 0.6) is 0 Å². The summed E-state index contributed by atoms with van der Waals surface area (Å²) in [5.74, 6) is 0.544. The molecule has 0 aliphatic heterocycles. The van der Waals surface area contributed by atoms with Gasteiger partial charge in [0.25, 0.3) is 5.69 Å². The fourth-order valence-corrected chi connectivity index (χ4v) is 4.28. The number of nitrogens with zero attached hydrogens (tertiary/aromatic N) is 3. The van der Waals surface area contributed by atoms with E-state index in [1.54, 1.807) is 36.5 Å². The summed E-state index contributed by atoms with van der Waals surface area (Å²) < 4.78 is 1.98. The Bertz CT molecular complexity index is 1180. The number of benzene rings is 2. The Balaban J connectivity index is 1.56. The molecule has 0 aliphatic rings. The lowest BCUT2D eigenvalue weighted by molar-refractivity contribution is -0.384. The summed E-state index contributed by atoms with van der Waals surface area (Å²) in [5.41, 5.74) is 6.97. The normalized spacial score (nSPS) is 11.1. The number of halogens is 2. The smallest absolute Gasteiger partial charge is 0.269 e. The molecule has 0 bridgehead atoms.